The molecule has 2 heterocycles. The van der Waals surface area contributed by atoms with Gasteiger partial charge in [-0.2, -0.15) is 4.68 Å². The minimum Gasteiger partial charge on any atom is -0.358 e. The van der Waals surface area contributed by atoms with Gasteiger partial charge in [0.2, 0.25) is 5.91 Å². The minimum absolute atomic E-state index is 0.149. The Balaban J connectivity index is 1.78. The molecular formula is C16H13N5O4S. The summed E-state index contributed by atoms with van der Waals surface area (Å²) < 4.78 is 1.16. The van der Waals surface area contributed by atoms with E-state index in [1.807, 2.05) is 30.3 Å². The number of rotatable bonds is 6. The third-order valence-electron chi connectivity index (χ3n) is 3.36. The fourth-order valence-corrected chi connectivity index (χ4v) is 3.15. The van der Waals surface area contributed by atoms with Crippen molar-refractivity contribution in [1.29, 1.82) is 0 Å². The normalized spacial score (nSPS) is 10.5. The lowest BCUT2D eigenvalue weighted by molar-refractivity contribution is -0.389. The van der Waals surface area contributed by atoms with Gasteiger partial charge in [-0.1, -0.05) is 41.7 Å². The van der Waals surface area contributed by atoms with Crippen molar-refractivity contribution in [3.63, 3.8) is 0 Å². The Morgan fingerprint density at radius 3 is 2.62 bits per heavy atom. The molecule has 9 nitrogen and oxygen atoms in total. The fourth-order valence-electron chi connectivity index (χ4n) is 2.25. The van der Waals surface area contributed by atoms with Gasteiger partial charge < -0.3 is 15.4 Å². The Kier molecular flexibility index (Phi) is 4.85. The average molecular weight is 371 g/mol. The van der Waals surface area contributed by atoms with Gasteiger partial charge in [-0.25, -0.2) is 4.98 Å². The molecule has 3 aromatic rings. The number of carbonyl (C=O) groups excluding carboxylic acids is 2. The third-order valence-corrected chi connectivity index (χ3v) is 4.43. The van der Waals surface area contributed by atoms with Crippen LogP contribution in [0.5, 0.6) is 0 Å². The Morgan fingerprint density at radius 2 is 2.00 bits per heavy atom. The van der Waals surface area contributed by atoms with Gasteiger partial charge in [0.05, 0.1) is 27.9 Å². The van der Waals surface area contributed by atoms with Crippen LogP contribution in [0, 0.1) is 10.1 Å². The zero-order valence-electron chi connectivity index (χ0n) is 13.6. The van der Waals surface area contributed by atoms with Crippen LogP contribution in [0.2, 0.25) is 0 Å². The molecule has 0 saturated carbocycles. The summed E-state index contributed by atoms with van der Waals surface area (Å²) in [4.78, 5) is 38.8. The van der Waals surface area contributed by atoms with Gasteiger partial charge in [0.15, 0.2) is 10.9 Å². The third kappa shape index (κ3) is 3.81. The van der Waals surface area contributed by atoms with E-state index in [1.165, 1.54) is 19.2 Å². The smallest absolute Gasteiger partial charge is 0.358 e. The van der Waals surface area contributed by atoms with Crippen molar-refractivity contribution in [2.45, 2.75) is 13.5 Å². The number of benzene rings is 1. The quantitative estimate of drug-likeness (QED) is 0.404. The summed E-state index contributed by atoms with van der Waals surface area (Å²) in [6.45, 7) is 1.23. The summed E-state index contributed by atoms with van der Waals surface area (Å²) in [7, 11) is 0. The molecule has 0 unspecified atom stereocenters. The highest BCUT2D eigenvalue weighted by Gasteiger charge is 2.19. The molecule has 0 aliphatic rings. The Bertz CT molecular complexity index is 980. The predicted molar refractivity (Wildman–Crippen MR) is 95.1 cm³/mol. The van der Waals surface area contributed by atoms with Crippen molar-refractivity contribution in [2.24, 2.45) is 0 Å². The topological polar surface area (TPSA) is 120 Å². The van der Waals surface area contributed by atoms with Gasteiger partial charge in [0.25, 0.3) is 0 Å². The van der Waals surface area contributed by atoms with Gasteiger partial charge in [0.1, 0.15) is 6.54 Å². The van der Waals surface area contributed by atoms with Crippen LogP contribution in [0.15, 0.2) is 42.6 Å². The summed E-state index contributed by atoms with van der Waals surface area (Å²) in [5.74, 6) is -0.937. The second kappa shape index (κ2) is 7.23. The van der Waals surface area contributed by atoms with Gasteiger partial charge in [-0.15, -0.1) is 0 Å². The lowest BCUT2D eigenvalue weighted by atomic mass is 10.1. The van der Waals surface area contributed by atoms with E-state index in [-0.39, 0.29) is 23.3 Å². The Labute approximate surface area is 151 Å². The molecule has 0 radical (unpaired) electrons. The van der Waals surface area contributed by atoms with Crippen LogP contribution in [0.3, 0.4) is 0 Å². The lowest BCUT2D eigenvalue weighted by Crippen LogP contribution is -2.19. The second-order valence-corrected chi connectivity index (χ2v) is 6.29. The molecule has 26 heavy (non-hydrogen) atoms. The number of aromatic nitrogens is 3. The maximum Gasteiger partial charge on any atom is 0.389 e. The molecule has 1 amide bonds. The molecule has 10 heteroatoms. The Hall–Kier alpha value is -3.40. The average Bonchev–Trinajstić information content (AvgIpc) is 3.23. The van der Waals surface area contributed by atoms with Crippen molar-refractivity contribution < 1.29 is 14.5 Å². The van der Waals surface area contributed by atoms with Crippen molar-refractivity contribution in [3.8, 4) is 11.3 Å². The van der Waals surface area contributed by atoms with Gasteiger partial charge in [-0.05, 0) is 4.92 Å². The van der Waals surface area contributed by atoms with Gasteiger partial charge in [-0.3, -0.25) is 9.59 Å². The van der Waals surface area contributed by atoms with Crippen LogP contribution in [0.1, 0.15) is 16.6 Å². The summed E-state index contributed by atoms with van der Waals surface area (Å²) in [6.07, 6.45) is 1.34. The highest BCUT2D eigenvalue weighted by Crippen LogP contribution is 2.31. The first-order valence-electron chi connectivity index (χ1n) is 7.49. The van der Waals surface area contributed by atoms with E-state index in [9.17, 15) is 19.7 Å². The number of hydrogen-bond acceptors (Lipinski definition) is 7. The summed E-state index contributed by atoms with van der Waals surface area (Å²) >= 11 is 1.08. The zero-order valence-corrected chi connectivity index (χ0v) is 14.4. The van der Waals surface area contributed by atoms with E-state index in [1.54, 1.807) is 0 Å². The highest BCUT2D eigenvalue weighted by atomic mass is 32.1. The van der Waals surface area contributed by atoms with Crippen LogP contribution in [-0.2, 0) is 11.3 Å². The van der Waals surface area contributed by atoms with Gasteiger partial charge >= 0.3 is 5.82 Å². The molecule has 0 spiro atoms. The van der Waals surface area contributed by atoms with Gasteiger partial charge in [0, 0.05) is 12.5 Å². The van der Waals surface area contributed by atoms with Crippen LogP contribution >= 0.6 is 11.3 Å². The standard InChI is InChI=1S/C16H13N5O4S/c1-10(22)15-14(11-5-3-2-4-6-11)18-16(26-15)17-13(23)9-20-8-7-12(19-20)21(24)25/h2-8H,9H2,1H3,(H,17,18,23). The molecule has 1 N–H and O–H groups in total. The zero-order chi connectivity index (χ0) is 18.7. The monoisotopic (exact) mass is 371 g/mol. The number of nitrogens with zero attached hydrogens (tertiary/aromatic N) is 4. The number of ketones is 1. The molecular weight excluding hydrogens is 358 g/mol. The van der Waals surface area contributed by atoms with E-state index in [0.717, 1.165) is 21.6 Å². The minimum atomic E-state index is -0.638. The first-order valence-corrected chi connectivity index (χ1v) is 8.30. The Morgan fingerprint density at radius 1 is 1.27 bits per heavy atom. The second-order valence-electron chi connectivity index (χ2n) is 5.30. The number of thiazole rings is 1. The van der Waals surface area contributed by atoms with Crippen molar-refractivity contribution in [1.82, 2.24) is 14.8 Å². The SMILES string of the molecule is CC(=O)c1sc(NC(=O)Cn2ccc([N+](=O)[O-])n2)nc1-c1ccccc1. The molecule has 0 saturated heterocycles. The van der Waals surface area contributed by atoms with Crippen LogP contribution < -0.4 is 5.32 Å². The molecule has 0 aliphatic carbocycles. The van der Waals surface area contributed by atoms with E-state index in [2.05, 4.69) is 15.4 Å². The molecule has 0 bridgehead atoms. The van der Waals surface area contributed by atoms with Crippen molar-refractivity contribution in [2.75, 3.05) is 5.32 Å². The number of Topliss-reactive ketones (excluding diaryl/α,β-unsaturated/α-hetero) is 1. The molecule has 132 valence electrons. The maximum absolute atomic E-state index is 12.1. The van der Waals surface area contributed by atoms with E-state index in [0.29, 0.717) is 10.6 Å². The summed E-state index contributed by atoms with van der Waals surface area (Å²) in [6, 6.07) is 10.4. The van der Waals surface area contributed by atoms with Crippen molar-refractivity contribution in [3.05, 3.63) is 57.6 Å². The summed E-state index contributed by atoms with van der Waals surface area (Å²) in [5, 5.41) is 17.2. The summed E-state index contributed by atoms with van der Waals surface area (Å²) in [5.41, 5.74) is 1.28. The number of hydrogen-bond donors (Lipinski definition) is 1. The van der Waals surface area contributed by atoms with Crippen molar-refractivity contribution >= 4 is 34.0 Å². The molecule has 0 aliphatic heterocycles. The number of amides is 1. The van der Waals surface area contributed by atoms with E-state index in [4.69, 9.17) is 0 Å². The van der Waals surface area contributed by atoms with E-state index < -0.39 is 10.8 Å². The lowest BCUT2D eigenvalue weighted by Gasteiger charge is -1.99. The fraction of sp³-hybridized carbons (Fsp3) is 0.125. The molecule has 2 aromatic heterocycles. The number of anilines is 1. The maximum atomic E-state index is 12.1. The number of carbonyl (C=O) groups is 2. The predicted octanol–water partition coefficient (Wildman–Crippen LogP) is 2.76. The van der Waals surface area contributed by atoms with Crippen LogP contribution in [-0.4, -0.2) is 31.4 Å². The number of nitro groups is 1. The molecule has 1 aromatic carbocycles. The number of nitrogens with one attached hydrogen (secondary N) is 1. The van der Waals surface area contributed by atoms with Crippen LogP contribution in [0.25, 0.3) is 11.3 Å². The molecule has 0 atom stereocenters. The van der Waals surface area contributed by atoms with E-state index >= 15 is 0 Å². The first-order chi connectivity index (χ1) is 12.4. The largest absolute Gasteiger partial charge is 0.389 e. The first kappa shape index (κ1) is 17.4. The molecule has 3 rings (SSSR count). The van der Waals surface area contributed by atoms with Crippen LogP contribution in [0.4, 0.5) is 10.9 Å². The molecule has 0 fully saturated rings. The highest BCUT2D eigenvalue weighted by molar-refractivity contribution is 7.18.